The number of aryl methyl sites for hydroxylation is 1. The van der Waals surface area contributed by atoms with E-state index in [4.69, 9.17) is 0 Å². The number of thiophene rings is 1. The topological polar surface area (TPSA) is 40.7 Å². The van der Waals surface area contributed by atoms with E-state index in [9.17, 15) is 0 Å². The monoisotopic (exact) mass is 221 g/mol. The Bertz CT molecular complexity index is 405. The van der Waals surface area contributed by atoms with Crippen LogP contribution in [0, 0.1) is 6.92 Å². The normalized spacial score (nSPS) is 12.9. The van der Waals surface area contributed by atoms with E-state index in [2.05, 4.69) is 41.5 Å². The molecule has 15 heavy (non-hydrogen) atoms. The lowest BCUT2D eigenvalue weighted by atomic mass is 10.2. The molecule has 4 heteroatoms. The summed E-state index contributed by atoms with van der Waals surface area (Å²) < 4.78 is 0. The summed E-state index contributed by atoms with van der Waals surface area (Å²) in [6.45, 7) is 5.20. The fourth-order valence-electron chi connectivity index (χ4n) is 1.45. The van der Waals surface area contributed by atoms with Crippen molar-refractivity contribution in [2.75, 3.05) is 0 Å². The lowest BCUT2D eigenvalue weighted by Gasteiger charge is -2.10. The molecular formula is C11H15N3S. The molecule has 0 amide bonds. The summed E-state index contributed by atoms with van der Waals surface area (Å²) >= 11 is 1.84. The third-order valence-electron chi connectivity index (χ3n) is 2.40. The molecule has 2 aromatic rings. The molecule has 2 aromatic heterocycles. The van der Waals surface area contributed by atoms with Crippen LogP contribution in [0.2, 0.25) is 0 Å². The number of H-pyrrole nitrogens is 1. The minimum atomic E-state index is 0.339. The number of hydrogen-bond donors (Lipinski definition) is 2. The minimum absolute atomic E-state index is 0.339. The molecule has 0 bridgehead atoms. The smallest absolute Gasteiger partial charge is 0.0534 e. The molecule has 0 aliphatic heterocycles. The maximum Gasteiger partial charge on any atom is 0.0534 e. The van der Waals surface area contributed by atoms with Crippen LogP contribution >= 0.6 is 11.3 Å². The number of nitrogens with one attached hydrogen (secondary N) is 2. The van der Waals surface area contributed by atoms with E-state index in [0.29, 0.717) is 6.04 Å². The van der Waals surface area contributed by atoms with Crippen molar-refractivity contribution in [1.29, 1.82) is 0 Å². The Kier molecular flexibility index (Phi) is 3.18. The van der Waals surface area contributed by atoms with Crippen LogP contribution in [-0.2, 0) is 6.54 Å². The van der Waals surface area contributed by atoms with E-state index in [1.54, 1.807) is 0 Å². The molecule has 1 atom stereocenters. The summed E-state index contributed by atoms with van der Waals surface area (Å²) in [5.41, 5.74) is 1.20. The van der Waals surface area contributed by atoms with Crippen LogP contribution in [0.25, 0.3) is 0 Å². The number of hydrogen-bond acceptors (Lipinski definition) is 3. The van der Waals surface area contributed by atoms with Gasteiger partial charge in [0, 0.05) is 34.1 Å². The van der Waals surface area contributed by atoms with Gasteiger partial charge in [-0.3, -0.25) is 5.10 Å². The van der Waals surface area contributed by atoms with Gasteiger partial charge in [-0.25, -0.2) is 0 Å². The molecule has 0 saturated carbocycles. The molecule has 0 saturated heterocycles. The van der Waals surface area contributed by atoms with Gasteiger partial charge in [0.1, 0.15) is 0 Å². The van der Waals surface area contributed by atoms with E-state index in [1.165, 1.54) is 15.3 Å². The molecular weight excluding hydrogens is 206 g/mol. The minimum Gasteiger partial charge on any atom is -0.305 e. The highest BCUT2D eigenvalue weighted by atomic mass is 32.1. The molecule has 0 aliphatic rings. The Morgan fingerprint density at radius 1 is 1.53 bits per heavy atom. The van der Waals surface area contributed by atoms with Crippen molar-refractivity contribution in [3.63, 3.8) is 0 Å². The number of rotatable bonds is 4. The van der Waals surface area contributed by atoms with E-state index in [-0.39, 0.29) is 0 Å². The first-order valence-corrected chi connectivity index (χ1v) is 5.85. The lowest BCUT2D eigenvalue weighted by Crippen LogP contribution is -2.16. The van der Waals surface area contributed by atoms with E-state index < -0.39 is 0 Å². The van der Waals surface area contributed by atoms with Crippen molar-refractivity contribution in [2.45, 2.75) is 26.4 Å². The molecule has 80 valence electrons. The van der Waals surface area contributed by atoms with Crippen LogP contribution in [-0.4, -0.2) is 10.2 Å². The first-order chi connectivity index (χ1) is 7.25. The molecule has 0 spiro atoms. The molecule has 0 radical (unpaired) electrons. The second-order valence-corrected chi connectivity index (χ2v) is 5.02. The zero-order valence-corrected chi connectivity index (χ0v) is 9.77. The van der Waals surface area contributed by atoms with Crippen LogP contribution in [0.15, 0.2) is 24.5 Å². The van der Waals surface area contributed by atoms with Crippen LogP contribution < -0.4 is 5.32 Å². The summed E-state index contributed by atoms with van der Waals surface area (Å²) in [5, 5.41) is 10.2. The first-order valence-electron chi connectivity index (χ1n) is 5.03. The van der Waals surface area contributed by atoms with Gasteiger partial charge in [0.25, 0.3) is 0 Å². The van der Waals surface area contributed by atoms with Gasteiger partial charge in [-0.15, -0.1) is 11.3 Å². The zero-order chi connectivity index (χ0) is 10.7. The highest BCUT2D eigenvalue weighted by Crippen LogP contribution is 2.16. The second kappa shape index (κ2) is 4.59. The molecule has 1 unspecified atom stereocenters. The maximum absolute atomic E-state index is 3.94. The number of nitrogens with zero attached hydrogens (tertiary/aromatic N) is 1. The Morgan fingerprint density at radius 2 is 2.40 bits per heavy atom. The lowest BCUT2D eigenvalue weighted by molar-refractivity contribution is 0.579. The summed E-state index contributed by atoms with van der Waals surface area (Å²) in [6, 6.07) is 4.67. The standard InChI is InChI=1S/C11H15N3S/c1-8-3-4-11(15-8)7-12-9(2)10-5-13-14-6-10/h3-6,9,12H,7H2,1-2H3,(H,13,14). The van der Waals surface area contributed by atoms with Gasteiger partial charge in [-0.05, 0) is 26.0 Å². The van der Waals surface area contributed by atoms with Gasteiger partial charge in [0.2, 0.25) is 0 Å². The fourth-order valence-corrected chi connectivity index (χ4v) is 2.29. The summed E-state index contributed by atoms with van der Waals surface area (Å²) in [5.74, 6) is 0. The molecule has 2 N–H and O–H groups in total. The Balaban J connectivity index is 1.88. The second-order valence-electron chi connectivity index (χ2n) is 3.65. The summed E-state index contributed by atoms with van der Waals surface area (Å²) in [7, 11) is 0. The van der Waals surface area contributed by atoms with Gasteiger partial charge >= 0.3 is 0 Å². The van der Waals surface area contributed by atoms with Crippen molar-refractivity contribution < 1.29 is 0 Å². The maximum atomic E-state index is 3.94. The quantitative estimate of drug-likeness (QED) is 0.833. The third-order valence-corrected chi connectivity index (χ3v) is 3.40. The van der Waals surface area contributed by atoms with Crippen molar-refractivity contribution in [1.82, 2.24) is 15.5 Å². The molecule has 0 fully saturated rings. The van der Waals surface area contributed by atoms with Crippen molar-refractivity contribution in [3.8, 4) is 0 Å². The third kappa shape index (κ3) is 2.67. The number of aromatic nitrogens is 2. The van der Waals surface area contributed by atoms with E-state index in [1.807, 2.05) is 23.7 Å². The Labute approximate surface area is 93.5 Å². The fraction of sp³-hybridized carbons (Fsp3) is 0.364. The first kappa shape index (κ1) is 10.4. The molecule has 2 heterocycles. The van der Waals surface area contributed by atoms with Crippen LogP contribution in [0.1, 0.15) is 28.3 Å². The van der Waals surface area contributed by atoms with Crippen LogP contribution in [0.3, 0.4) is 0 Å². The van der Waals surface area contributed by atoms with Crippen molar-refractivity contribution in [2.24, 2.45) is 0 Å². The van der Waals surface area contributed by atoms with Gasteiger partial charge in [-0.1, -0.05) is 0 Å². The molecule has 0 aromatic carbocycles. The Hall–Kier alpha value is -1.13. The van der Waals surface area contributed by atoms with Gasteiger partial charge in [0.15, 0.2) is 0 Å². The predicted molar refractivity (Wildman–Crippen MR) is 62.9 cm³/mol. The Morgan fingerprint density at radius 3 is 3.00 bits per heavy atom. The van der Waals surface area contributed by atoms with Gasteiger partial charge in [0.05, 0.1) is 6.20 Å². The van der Waals surface area contributed by atoms with Crippen molar-refractivity contribution >= 4 is 11.3 Å². The van der Waals surface area contributed by atoms with E-state index >= 15 is 0 Å². The van der Waals surface area contributed by atoms with Crippen LogP contribution in [0.4, 0.5) is 0 Å². The van der Waals surface area contributed by atoms with E-state index in [0.717, 1.165) is 6.54 Å². The summed E-state index contributed by atoms with van der Waals surface area (Å²) in [4.78, 5) is 2.74. The molecule has 2 rings (SSSR count). The van der Waals surface area contributed by atoms with Crippen LogP contribution in [0.5, 0.6) is 0 Å². The van der Waals surface area contributed by atoms with Gasteiger partial charge < -0.3 is 5.32 Å². The molecule has 0 aliphatic carbocycles. The predicted octanol–water partition coefficient (Wildman–Crippen LogP) is 2.63. The van der Waals surface area contributed by atoms with Crippen molar-refractivity contribution in [3.05, 3.63) is 39.8 Å². The largest absolute Gasteiger partial charge is 0.305 e. The zero-order valence-electron chi connectivity index (χ0n) is 8.95. The highest BCUT2D eigenvalue weighted by molar-refractivity contribution is 7.11. The average Bonchev–Trinajstić information content (AvgIpc) is 2.84. The van der Waals surface area contributed by atoms with Gasteiger partial charge in [-0.2, -0.15) is 5.10 Å². The highest BCUT2D eigenvalue weighted by Gasteiger charge is 2.05. The average molecular weight is 221 g/mol. The summed E-state index contributed by atoms with van der Waals surface area (Å²) in [6.07, 6.45) is 3.79. The SMILES string of the molecule is Cc1ccc(CNC(C)c2cn[nH]c2)s1. The molecule has 3 nitrogen and oxygen atoms in total. The number of aromatic amines is 1.